The van der Waals surface area contributed by atoms with Gasteiger partial charge in [0.25, 0.3) is 5.91 Å². The Morgan fingerprint density at radius 3 is 2.79 bits per heavy atom. The minimum absolute atomic E-state index is 0.0283. The van der Waals surface area contributed by atoms with Gasteiger partial charge in [-0.3, -0.25) is 9.59 Å². The molecule has 5 aromatic rings. The van der Waals surface area contributed by atoms with Gasteiger partial charge in [0, 0.05) is 32.5 Å². The Bertz CT molecular complexity index is 1610. The van der Waals surface area contributed by atoms with Crippen LogP contribution < -0.4 is 0 Å². The van der Waals surface area contributed by atoms with Crippen molar-refractivity contribution in [2.24, 2.45) is 0 Å². The Morgan fingerprint density at radius 1 is 1.12 bits per heavy atom. The number of para-hydroxylation sites is 1. The van der Waals surface area contributed by atoms with E-state index in [-0.39, 0.29) is 17.9 Å². The average Bonchev–Trinajstić information content (AvgIpc) is 3.62. The van der Waals surface area contributed by atoms with Gasteiger partial charge in [-0.25, -0.2) is 0 Å². The molecule has 0 fully saturated rings. The van der Waals surface area contributed by atoms with Crippen LogP contribution in [0.4, 0.5) is 0 Å². The molecule has 7 nitrogen and oxygen atoms in total. The zero-order chi connectivity index (χ0) is 23.4. The van der Waals surface area contributed by atoms with Crippen LogP contribution in [-0.2, 0) is 11.3 Å². The van der Waals surface area contributed by atoms with E-state index in [2.05, 4.69) is 20.9 Å². The van der Waals surface area contributed by atoms with E-state index in [1.165, 1.54) is 11.2 Å². The number of hydrogen-bond acceptors (Lipinski definition) is 5. The summed E-state index contributed by atoms with van der Waals surface area (Å²) < 4.78 is 12.1. The largest absolute Gasteiger partial charge is 0.503 e. The Morgan fingerprint density at radius 2 is 1.97 bits per heavy atom. The summed E-state index contributed by atoms with van der Waals surface area (Å²) in [6, 6.07) is 17.3. The summed E-state index contributed by atoms with van der Waals surface area (Å²) in [5.74, 6) is -1.20. The van der Waals surface area contributed by atoms with Crippen molar-refractivity contribution in [1.82, 2.24) is 9.88 Å². The fourth-order valence-electron chi connectivity index (χ4n) is 4.52. The number of halogens is 1. The molecule has 4 heterocycles. The number of Topliss-reactive ketones (excluding diaryl/α,β-unsaturated/α-hetero) is 1. The van der Waals surface area contributed by atoms with Gasteiger partial charge in [0.1, 0.15) is 11.3 Å². The maximum atomic E-state index is 13.7. The molecule has 34 heavy (non-hydrogen) atoms. The smallest absolute Gasteiger partial charge is 0.290 e. The molecule has 1 aliphatic heterocycles. The number of aromatic amines is 1. The molecule has 8 heteroatoms. The van der Waals surface area contributed by atoms with Crippen molar-refractivity contribution in [3.8, 4) is 0 Å². The normalized spacial score (nSPS) is 16.3. The zero-order valence-corrected chi connectivity index (χ0v) is 19.2. The minimum Gasteiger partial charge on any atom is -0.503 e. The van der Waals surface area contributed by atoms with Crippen LogP contribution in [-0.4, -0.2) is 26.7 Å². The fraction of sp³-hybridized carbons (Fsp3) is 0.0769. The van der Waals surface area contributed by atoms with Gasteiger partial charge in [-0.15, -0.1) is 0 Å². The van der Waals surface area contributed by atoms with Gasteiger partial charge >= 0.3 is 0 Å². The van der Waals surface area contributed by atoms with Crippen molar-refractivity contribution in [3.05, 3.63) is 106 Å². The van der Waals surface area contributed by atoms with Gasteiger partial charge < -0.3 is 23.8 Å². The molecule has 1 aliphatic rings. The number of H-pyrrole nitrogens is 1. The molecule has 1 unspecified atom stereocenters. The number of rotatable bonds is 5. The van der Waals surface area contributed by atoms with E-state index in [4.69, 9.17) is 8.83 Å². The van der Waals surface area contributed by atoms with E-state index >= 15 is 0 Å². The molecular formula is C26H17BrN2O5. The van der Waals surface area contributed by atoms with Crippen LogP contribution in [0.15, 0.2) is 97.8 Å². The highest BCUT2D eigenvalue weighted by Gasteiger charge is 2.45. The third-order valence-corrected chi connectivity index (χ3v) is 6.57. The number of ketones is 1. The molecule has 168 valence electrons. The molecular weight excluding hydrogens is 500 g/mol. The number of nitrogens with one attached hydrogen (secondary N) is 1. The third kappa shape index (κ3) is 3.18. The van der Waals surface area contributed by atoms with Crippen LogP contribution in [0.2, 0.25) is 0 Å². The number of aliphatic hydroxyl groups excluding tert-OH is 1. The van der Waals surface area contributed by atoms with E-state index in [1.54, 1.807) is 30.5 Å². The van der Waals surface area contributed by atoms with E-state index in [0.717, 1.165) is 20.8 Å². The van der Waals surface area contributed by atoms with E-state index in [9.17, 15) is 14.7 Å². The molecule has 1 amide bonds. The summed E-state index contributed by atoms with van der Waals surface area (Å²) in [5.41, 5.74) is 2.06. The molecule has 1 atom stereocenters. The quantitative estimate of drug-likeness (QED) is 0.277. The number of nitrogens with zero attached hydrogens (tertiary/aromatic N) is 1. The number of hydrogen-bond donors (Lipinski definition) is 2. The Labute approximate surface area is 201 Å². The molecule has 0 saturated heterocycles. The minimum atomic E-state index is -0.832. The first-order chi connectivity index (χ1) is 16.5. The molecule has 3 aromatic heterocycles. The summed E-state index contributed by atoms with van der Waals surface area (Å²) in [5, 5.41) is 12.5. The van der Waals surface area contributed by atoms with Crippen LogP contribution >= 0.6 is 15.9 Å². The topological polar surface area (TPSA) is 99.7 Å². The second-order valence-electron chi connectivity index (χ2n) is 8.09. The summed E-state index contributed by atoms with van der Waals surface area (Å²) >= 11 is 3.42. The second kappa shape index (κ2) is 7.78. The maximum absolute atomic E-state index is 13.7. The first kappa shape index (κ1) is 20.6. The van der Waals surface area contributed by atoms with Gasteiger partial charge in [0.05, 0.1) is 24.4 Å². The third-order valence-electron chi connectivity index (χ3n) is 6.07. The predicted molar refractivity (Wildman–Crippen MR) is 128 cm³/mol. The van der Waals surface area contributed by atoms with E-state index < -0.39 is 23.5 Å². The predicted octanol–water partition coefficient (Wildman–Crippen LogP) is 6.05. The first-order valence-corrected chi connectivity index (χ1v) is 11.4. The second-order valence-corrected chi connectivity index (χ2v) is 9.00. The lowest BCUT2D eigenvalue weighted by Gasteiger charge is -2.25. The summed E-state index contributed by atoms with van der Waals surface area (Å²) in [7, 11) is 0. The van der Waals surface area contributed by atoms with Crippen LogP contribution in [0.1, 0.15) is 27.9 Å². The lowest BCUT2D eigenvalue weighted by molar-refractivity contribution is -0.130. The van der Waals surface area contributed by atoms with Gasteiger partial charge in [0.15, 0.2) is 11.5 Å². The molecule has 0 saturated carbocycles. The monoisotopic (exact) mass is 516 g/mol. The highest BCUT2D eigenvalue weighted by atomic mass is 79.9. The van der Waals surface area contributed by atoms with Crippen molar-refractivity contribution in [3.63, 3.8) is 0 Å². The van der Waals surface area contributed by atoms with Crippen molar-refractivity contribution >= 4 is 49.5 Å². The Kier molecular flexibility index (Phi) is 4.70. The number of carbonyl (C=O) groups excluding carboxylic acids is 2. The first-order valence-electron chi connectivity index (χ1n) is 10.6. The lowest BCUT2D eigenvalue weighted by atomic mass is 9.94. The highest BCUT2D eigenvalue weighted by molar-refractivity contribution is 9.10. The van der Waals surface area contributed by atoms with Crippen LogP contribution in [0.25, 0.3) is 21.9 Å². The van der Waals surface area contributed by atoms with Crippen LogP contribution in [0.3, 0.4) is 0 Å². The van der Waals surface area contributed by atoms with Gasteiger partial charge in [-0.1, -0.05) is 34.1 Å². The number of aromatic nitrogens is 1. The Hall–Kier alpha value is -4.04. The average molecular weight is 517 g/mol. The number of fused-ring (bicyclic) bond motifs is 2. The van der Waals surface area contributed by atoms with Crippen molar-refractivity contribution < 1.29 is 23.5 Å². The lowest BCUT2D eigenvalue weighted by Crippen LogP contribution is -2.30. The molecule has 6 rings (SSSR count). The summed E-state index contributed by atoms with van der Waals surface area (Å²) in [6.07, 6.45) is 3.28. The zero-order valence-electron chi connectivity index (χ0n) is 17.6. The van der Waals surface area contributed by atoms with E-state index in [1.807, 2.05) is 36.4 Å². The van der Waals surface area contributed by atoms with Gasteiger partial charge in [-0.2, -0.15) is 0 Å². The summed E-state index contributed by atoms with van der Waals surface area (Å²) in [6.45, 7) is 0.0872. The molecule has 0 aliphatic carbocycles. The number of benzene rings is 2. The maximum Gasteiger partial charge on any atom is 0.290 e. The van der Waals surface area contributed by atoms with Crippen molar-refractivity contribution in [2.45, 2.75) is 12.6 Å². The number of amides is 1. The fourth-order valence-corrected chi connectivity index (χ4v) is 4.90. The van der Waals surface area contributed by atoms with Crippen molar-refractivity contribution in [2.75, 3.05) is 0 Å². The Balaban J connectivity index is 1.50. The molecule has 0 spiro atoms. The molecule has 2 aromatic carbocycles. The highest BCUT2D eigenvalue weighted by Crippen LogP contribution is 2.43. The molecule has 2 N–H and O–H groups in total. The SMILES string of the molecule is O=C(C1=C(O)C(=O)N(Cc2ccco2)C1c1c[nH]c2ccccc12)c1cc2cc(Br)ccc2o1. The summed E-state index contributed by atoms with van der Waals surface area (Å²) in [4.78, 5) is 31.6. The number of carbonyl (C=O) groups is 2. The standard InChI is InChI=1S/C26H17BrN2O5/c27-15-7-8-20-14(10-15)11-21(34-20)24(30)22-23(18-12-28-19-6-2-1-5-17(18)19)29(26(32)25(22)31)13-16-4-3-9-33-16/h1-12,23,28,31H,13H2. The van der Waals surface area contributed by atoms with Gasteiger partial charge in [0.2, 0.25) is 5.78 Å². The number of aliphatic hydroxyl groups is 1. The molecule has 0 bridgehead atoms. The van der Waals surface area contributed by atoms with Crippen molar-refractivity contribution in [1.29, 1.82) is 0 Å². The van der Waals surface area contributed by atoms with Crippen LogP contribution in [0.5, 0.6) is 0 Å². The van der Waals surface area contributed by atoms with E-state index in [0.29, 0.717) is 16.9 Å². The van der Waals surface area contributed by atoms with Crippen LogP contribution in [0, 0.1) is 0 Å². The number of furan rings is 2. The van der Waals surface area contributed by atoms with Gasteiger partial charge in [-0.05, 0) is 42.5 Å². The molecule has 0 radical (unpaired) electrons.